The van der Waals surface area contributed by atoms with Crippen molar-refractivity contribution in [2.24, 2.45) is 0 Å². The van der Waals surface area contributed by atoms with Crippen LogP contribution in [0.3, 0.4) is 0 Å². The minimum atomic E-state index is -3.70. The Hall–Kier alpha value is -1.97. The number of rotatable bonds is 4. The van der Waals surface area contributed by atoms with Crippen molar-refractivity contribution >= 4 is 33.0 Å². The van der Waals surface area contributed by atoms with Crippen LogP contribution in [0.15, 0.2) is 28.5 Å². The third kappa shape index (κ3) is 3.21. The standard InChI is InChI=1S/C14H15N3O4S2/c1-9-16-10(8-22-9)6-15-23(19,20)11-3-4-13-12(5-11)17(2)14(18)7-21-13/h3-5,8,15H,6-7H2,1-2H3. The van der Waals surface area contributed by atoms with Gasteiger partial charge in [-0.25, -0.2) is 18.1 Å². The van der Waals surface area contributed by atoms with E-state index in [1.807, 2.05) is 12.3 Å². The van der Waals surface area contributed by atoms with Crippen LogP contribution in [0, 0.1) is 6.92 Å². The van der Waals surface area contributed by atoms with Gasteiger partial charge < -0.3 is 9.64 Å². The Labute approximate surface area is 138 Å². The lowest BCUT2D eigenvalue weighted by molar-refractivity contribution is -0.120. The van der Waals surface area contributed by atoms with Crippen molar-refractivity contribution in [2.45, 2.75) is 18.4 Å². The van der Waals surface area contributed by atoms with Gasteiger partial charge in [-0.3, -0.25) is 4.79 Å². The molecule has 23 heavy (non-hydrogen) atoms. The summed E-state index contributed by atoms with van der Waals surface area (Å²) in [7, 11) is -2.11. The molecule has 1 aromatic carbocycles. The first-order chi connectivity index (χ1) is 10.9. The van der Waals surface area contributed by atoms with Crippen molar-refractivity contribution in [3.8, 4) is 5.75 Å². The Kier molecular flexibility index (Phi) is 4.09. The second-order valence-electron chi connectivity index (χ2n) is 5.05. The maximum absolute atomic E-state index is 12.4. The number of carbonyl (C=O) groups is 1. The zero-order chi connectivity index (χ0) is 16.6. The molecule has 3 rings (SSSR count). The lowest BCUT2D eigenvalue weighted by Crippen LogP contribution is -2.35. The molecule has 1 aliphatic heterocycles. The number of fused-ring (bicyclic) bond motifs is 1. The predicted molar refractivity (Wildman–Crippen MR) is 86.2 cm³/mol. The molecule has 0 saturated heterocycles. The number of sulfonamides is 1. The molecular weight excluding hydrogens is 338 g/mol. The van der Waals surface area contributed by atoms with E-state index in [1.54, 1.807) is 13.1 Å². The first-order valence-corrected chi connectivity index (χ1v) is 9.17. The number of likely N-dealkylation sites (N-methyl/N-ethyl adjacent to an activating group) is 1. The topological polar surface area (TPSA) is 88.6 Å². The van der Waals surface area contributed by atoms with E-state index in [2.05, 4.69) is 9.71 Å². The van der Waals surface area contributed by atoms with Crippen LogP contribution in [0.25, 0.3) is 0 Å². The smallest absolute Gasteiger partial charge is 0.264 e. The van der Waals surface area contributed by atoms with Crippen molar-refractivity contribution in [1.29, 1.82) is 0 Å². The molecule has 1 aliphatic rings. The average Bonchev–Trinajstić information content (AvgIpc) is 2.94. The zero-order valence-electron chi connectivity index (χ0n) is 12.6. The number of thiazole rings is 1. The van der Waals surface area contributed by atoms with Crippen molar-refractivity contribution in [2.75, 3.05) is 18.6 Å². The number of carbonyl (C=O) groups excluding carboxylic acids is 1. The minimum absolute atomic E-state index is 0.0446. The lowest BCUT2D eigenvalue weighted by Gasteiger charge is -2.26. The van der Waals surface area contributed by atoms with E-state index in [0.717, 1.165) is 5.01 Å². The van der Waals surface area contributed by atoms with E-state index in [1.165, 1.54) is 28.4 Å². The molecule has 0 radical (unpaired) electrons. The van der Waals surface area contributed by atoms with E-state index in [9.17, 15) is 13.2 Å². The predicted octanol–water partition coefficient (Wildman–Crippen LogP) is 1.29. The van der Waals surface area contributed by atoms with Crippen LogP contribution in [0.4, 0.5) is 5.69 Å². The molecule has 1 N–H and O–H groups in total. The van der Waals surface area contributed by atoms with Crippen LogP contribution >= 0.6 is 11.3 Å². The Morgan fingerprint density at radius 1 is 1.43 bits per heavy atom. The van der Waals surface area contributed by atoms with Crippen molar-refractivity contribution < 1.29 is 17.9 Å². The quantitative estimate of drug-likeness (QED) is 0.895. The summed E-state index contributed by atoms with van der Waals surface area (Å²) in [5.74, 6) is 0.263. The van der Waals surface area contributed by atoms with Gasteiger partial charge in [-0.05, 0) is 25.1 Å². The van der Waals surface area contributed by atoms with E-state index < -0.39 is 10.0 Å². The van der Waals surface area contributed by atoms with E-state index in [0.29, 0.717) is 17.1 Å². The Morgan fingerprint density at radius 3 is 2.91 bits per heavy atom. The van der Waals surface area contributed by atoms with Gasteiger partial charge in [0.05, 0.1) is 27.8 Å². The number of amides is 1. The molecule has 2 aromatic rings. The third-order valence-corrected chi connectivity index (χ3v) is 5.66. The summed E-state index contributed by atoms with van der Waals surface area (Å²) in [5.41, 5.74) is 1.11. The van der Waals surface area contributed by atoms with E-state index in [4.69, 9.17) is 4.74 Å². The van der Waals surface area contributed by atoms with Crippen molar-refractivity contribution in [3.63, 3.8) is 0 Å². The Morgan fingerprint density at radius 2 is 2.22 bits per heavy atom. The fourth-order valence-corrected chi connectivity index (χ4v) is 3.79. The van der Waals surface area contributed by atoms with Crippen LogP contribution in [-0.4, -0.2) is 33.0 Å². The number of nitrogens with zero attached hydrogens (tertiary/aromatic N) is 2. The molecule has 2 heterocycles. The highest BCUT2D eigenvalue weighted by Gasteiger charge is 2.25. The van der Waals surface area contributed by atoms with Crippen LogP contribution in [0.5, 0.6) is 5.75 Å². The van der Waals surface area contributed by atoms with Gasteiger partial charge in [0.25, 0.3) is 5.91 Å². The largest absolute Gasteiger partial charge is 0.482 e. The van der Waals surface area contributed by atoms with Crippen LogP contribution in [-0.2, 0) is 21.4 Å². The molecule has 0 unspecified atom stereocenters. The third-order valence-electron chi connectivity index (χ3n) is 3.44. The SMILES string of the molecule is Cc1nc(CNS(=O)(=O)c2ccc3c(c2)N(C)C(=O)CO3)cs1. The lowest BCUT2D eigenvalue weighted by atomic mass is 10.2. The molecular formula is C14H15N3O4S2. The summed E-state index contributed by atoms with van der Waals surface area (Å²) < 4.78 is 32.6. The summed E-state index contributed by atoms with van der Waals surface area (Å²) in [6.45, 7) is 1.94. The van der Waals surface area contributed by atoms with Crippen molar-refractivity contribution in [3.05, 3.63) is 34.3 Å². The number of ether oxygens (including phenoxy) is 1. The zero-order valence-corrected chi connectivity index (χ0v) is 14.2. The Balaban J connectivity index is 1.84. The monoisotopic (exact) mass is 353 g/mol. The van der Waals surface area contributed by atoms with E-state index in [-0.39, 0.29) is 24.0 Å². The number of anilines is 1. The average molecular weight is 353 g/mol. The minimum Gasteiger partial charge on any atom is -0.482 e. The highest BCUT2D eigenvalue weighted by Crippen LogP contribution is 2.33. The summed E-state index contributed by atoms with van der Waals surface area (Å²) in [4.78, 5) is 17.3. The maximum atomic E-state index is 12.4. The molecule has 0 fully saturated rings. The van der Waals surface area contributed by atoms with Crippen LogP contribution in [0.1, 0.15) is 10.7 Å². The van der Waals surface area contributed by atoms with Gasteiger partial charge in [0, 0.05) is 12.4 Å². The summed E-state index contributed by atoms with van der Waals surface area (Å²) in [5, 5.41) is 2.69. The summed E-state index contributed by atoms with van der Waals surface area (Å²) in [6.07, 6.45) is 0. The molecule has 1 amide bonds. The van der Waals surface area contributed by atoms with Gasteiger partial charge in [-0.1, -0.05) is 0 Å². The first kappa shape index (κ1) is 15.9. The fourth-order valence-electron chi connectivity index (χ4n) is 2.16. The first-order valence-electron chi connectivity index (χ1n) is 6.81. The summed E-state index contributed by atoms with van der Waals surface area (Å²) in [6, 6.07) is 4.44. The van der Waals surface area contributed by atoms with Gasteiger partial charge in [0.15, 0.2) is 6.61 Å². The van der Waals surface area contributed by atoms with Crippen LogP contribution < -0.4 is 14.4 Å². The van der Waals surface area contributed by atoms with E-state index >= 15 is 0 Å². The second-order valence-corrected chi connectivity index (χ2v) is 7.88. The number of aromatic nitrogens is 1. The molecule has 1 aromatic heterocycles. The molecule has 0 spiro atoms. The molecule has 0 bridgehead atoms. The van der Waals surface area contributed by atoms with Crippen molar-refractivity contribution in [1.82, 2.24) is 9.71 Å². The van der Waals surface area contributed by atoms with Gasteiger partial charge in [0.2, 0.25) is 10.0 Å². The molecule has 7 nitrogen and oxygen atoms in total. The number of hydrogen-bond donors (Lipinski definition) is 1. The maximum Gasteiger partial charge on any atom is 0.264 e. The molecule has 9 heteroatoms. The normalized spacial score (nSPS) is 14.5. The molecule has 0 aliphatic carbocycles. The summed E-state index contributed by atoms with van der Waals surface area (Å²) >= 11 is 1.46. The molecule has 122 valence electrons. The van der Waals surface area contributed by atoms with Gasteiger partial charge in [0.1, 0.15) is 5.75 Å². The highest BCUT2D eigenvalue weighted by atomic mass is 32.2. The van der Waals surface area contributed by atoms with Gasteiger partial charge in [-0.2, -0.15) is 0 Å². The Bertz CT molecular complexity index is 861. The van der Waals surface area contributed by atoms with Gasteiger partial charge in [-0.15, -0.1) is 11.3 Å². The molecule has 0 atom stereocenters. The second kappa shape index (κ2) is 5.91. The fraction of sp³-hybridized carbons (Fsp3) is 0.286. The number of hydrogen-bond acceptors (Lipinski definition) is 6. The number of benzene rings is 1. The number of aryl methyl sites for hydroxylation is 1. The number of nitrogens with one attached hydrogen (secondary N) is 1. The highest BCUT2D eigenvalue weighted by molar-refractivity contribution is 7.89. The molecule has 0 saturated carbocycles. The van der Waals surface area contributed by atoms with Crippen LogP contribution in [0.2, 0.25) is 0 Å². The van der Waals surface area contributed by atoms with Gasteiger partial charge >= 0.3 is 0 Å².